The summed E-state index contributed by atoms with van der Waals surface area (Å²) in [5.74, 6) is 0.252. The van der Waals surface area contributed by atoms with Crippen LogP contribution in [0.25, 0.3) is 0 Å². The van der Waals surface area contributed by atoms with Crippen LogP contribution in [0.2, 0.25) is 0 Å². The van der Waals surface area contributed by atoms with Gasteiger partial charge in [-0.3, -0.25) is 0 Å². The number of benzene rings is 1. The Morgan fingerprint density at radius 3 is 2.44 bits per heavy atom. The maximum Gasteiger partial charge on any atom is 0.178 e. The van der Waals surface area contributed by atoms with Crippen molar-refractivity contribution in [2.75, 3.05) is 12.3 Å². The molecule has 0 amide bonds. The molecule has 1 N–H and O–H groups in total. The van der Waals surface area contributed by atoms with E-state index in [1.54, 1.807) is 12.1 Å². The summed E-state index contributed by atoms with van der Waals surface area (Å²) in [6.07, 6.45) is 4.22. The number of unbranched alkanes of at least 4 members (excludes halogenated alkanes) is 1. The SMILES string of the molecule is Cc1ccc(S(=O)(=O)CCCCNC2CC2)cc1. The number of nitrogens with one attached hydrogen (secondary N) is 1. The molecule has 0 atom stereocenters. The summed E-state index contributed by atoms with van der Waals surface area (Å²) in [6.45, 7) is 2.90. The van der Waals surface area contributed by atoms with Gasteiger partial charge in [0.25, 0.3) is 0 Å². The highest BCUT2D eigenvalue weighted by Crippen LogP contribution is 2.18. The maximum atomic E-state index is 12.0. The predicted octanol–water partition coefficient (Wildman–Crippen LogP) is 2.30. The van der Waals surface area contributed by atoms with E-state index in [0.29, 0.717) is 10.9 Å². The molecule has 0 aromatic heterocycles. The van der Waals surface area contributed by atoms with Crippen molar-refractivity contribution in [2.45, 2.75) is 43.5 Å². The Morgan fingerprint density at radius 2 is 1.83 bits per heavy atom. The largest absolute Gasteiger partial charge is 0.314 e. The Balaban J connectivity index is 1.77. The van der Waals surface area contributed by atoms with Crippen LogP contribution in [-0.4, -0.2) is 26.8 Å². The highest BCUT2D eigenvalue weighted by atomic mass is 32.2. The number of rotatable bonds is 7. The zero-order valence-electron chi connectivity index (χ0n) is 10.9. The van der Waals surface area contributed by atoms with Crippen LogP contribution >= 0.6 is 0 Å². The van der Waals surface area contributed by atoms with Crippen LogP contribution < -0.4 is 5.32 Å². The van der Waals surface area contributed by atoms with Crippen molar-refractivity contribution in [2.24, 2.45) is 0 Å². The predicted molar refractivity (Wildman–Crippen MR) is 73.5 cm³/mol. The Morgan fingerprint density at radius 1 is 1.17 bits per heavy atom. The van der Waals surface area contributed by atoms with Gasteiger partial charge >= 0.3 is 0 Å². The maximum absolute atomic E-state index is 12.0. The van der Waals surface area contributed by atoms with Gasteiger partial charge in [0.1, 0.15) is 0 Å². The number of aryl methyl sites for hydroxylation is 1. The van der Waals surface area contributed by atoms with Crippen molar-refractivity contribution in [3.63, 3.8) is 0 Å². The lowest BCUT2D eigenvalue weighted by Gasteiger charge is -2.05. The normalized spacial score (nSPS) is 15.8. The summed E-state index contributed by atoms with van der Waals surface area (Å²) in [4.78, 5) is 0.447. The van der Waals surface area contributed by atoms with Gasteiger partial charge in [-0.25, -0.2) is 8.42 Å². The second-order valence-corrected chi connectivity index (χ2v) is 7.18. The fourth-order valence-electron chi connectivity index (χ4n) is 1.87. The van der Waals surface area contributed by atoms with Crippen LogP contribution in [0, 0.1) is 6.92 Å². The smallest absolute Gasteiger partial charge is 0.178 e. The molecule has 18 heavy (non-hydrogen) atoms. The molecule has 0 heterocycles. The van der Waals surface area contributed by atoms with Crippen molar-refractivity contribution in [3.8, 4) is 0 Å². The van der Waals surface area contributed by atoms with E-state index in [-0.39, 0.29) is 5.75 Å². The van der Waals surface area contributed by atoms with Gasteiger partial charge in [0.2, 0.25) is 0 Å². The van der Waals surface area contributed by atoms with E-state index in [2.05, 4.69) is 5.32 Å². The molecule has 1 fully saturated rings. The van der Waals surface area contributed by atoms with E-state index in [9.17, 15) is 8.42 Å². The number of hydrogen-bond acceptors (Lipinski definition) is 3. The van der Waals surface area contributed by atoms with E-state index >= 15 is 0 Å². The molecule has 0 spiro atoms. The Kier molecular flexibility index (Phi) is 4.40. The number of sulfone groups is 1. The second kappa shape index (κ2) is 5.85. The van der Waals surface area contributed by atoms with Crippen molar-refractivity contribution in [1.29, 1.82) is 0 Å². The summed E-state index contributed by atoms with van der Waals surface area (Å²) >= 11 is 0. The first kappa shape index (κ1) is 13.6. The standard InChI is InChI=1S/C14H21NO2S/c1-12-4-8-14(9-5-12)18(16,17)11-3-2-10-15-13-6-7-13/h4-5,8-9,13,15H,2-3,6-7,10-11H2,1H3. The molecule has 2 rings (SSSR count). The van der Waals surface area contributed by atoms with E-state index in [1.807, 2.05) is 19.1 Å². The molecular weight excluding hydrogens is 246 g/mol. The second-order valence-electron chi connectivity index (χ2n) is 5.07. The van der Waals surface area contributed by atoms with Gasteiger partial charge in [-0.2, -0.15) is 0 Å². The third-order valence-electron chi connectivity index (χ3n) is 3.23. The van der Waals surface area contributed by atoms with Gasteiger partial charge in [0.15, 0.2) is 9.84 Å². The molecule has 3 nitrogen and oxygen atoms in total. The third kappa shape index (κ3) is 4.10. The van der Waals surface area contributed by atoms with Crippen LogP contribution in [-0.2, 0) is 9.84 Å². The lowest BCUT2D eigenvalue weighted by Crippen LogP contribution is -2.18. The quantitative estimate of drug-likeness (QED) is 0.771. The van der Waals surface area contributed by atoms with Crippen molar-refractivity contribution < 1.29 is 8.42 Å². The lowest BCUT2D eigenvalue weighted by molar-refractivity contribution is 0.586. The molecule has 0 unspecified atom stereocenters. The fourth-order valence-corrected chi connectivity index (χ4v) is 3.24. The minimum atomic E-state index is -3.09. The molecule has 1 saturated carbocycles. The highest BCUT2D eigenvalue weighted by Gasteiger charge is 2.19. The third-order valence-corrected chi connectivity index (χ3v) is 5.05. The molecule has 1 aliphatic rings. The molecule has 0 saturated heterocycles. The van der Waals surface area contributed by atoms with E-state index in [1.165, 1.54) is 12.8 Å². The molecule has 100 valence electrons. The molecule has 0 aliphatic heterocycles. The molecule has 1 aliphatic carbocycles. The van der Waals surface area contributed by atoms with Crippen LogP contribution in [0.1, 0.15) is 31.2 Å². The first-order valence-corrected chi connectivity index (χ1v) is 8.26. The summed E-state index contributed by atoms with van der Waals surface area (Å²) in [5, 5.41) is 3.40. The summed E-state index contributed by atoms with van der Waals surface area (Å²) in [5.41, 5.74) is 1.09. The first-order chi connectivity index (χ1) is 8.58. The zero-order chi connectivity index (χ0) is 13.0. The average Bonchev–Trinajstić information content (AvgIpc) is 3.13. The molecule has 0 bridgehead atoms. The molecular formula is C14H21NO2S. The van der Waals surface area contributed by atoms with Crippen LogP contribution in [0.5, 0.6) is 0 Å². The van der Waals surface area contributed by atoms with Crippen LogP contribution in [0.15, 0.2) is 29.2 Å². The van der Waals surface area contributed by atoms with Gasteiger partial charge in [-0.05, 0) is 51.3 Å². The summed E-state index contributed by atoms with van der Waals surface area (Å²) in [7, 11) is -3.09. The Hall–Kier alpha value is -0.870. The summed E-state index contributed by atoms with van der Waals surface area (Å²) < 4.78 is 24.1. The Labute approximate surface area is 110 Å². The Bertz CT molecular complexity index is 475. The van der Waals surface area contributed by atoms with Gasteiger partial charge < -0.3 is 5.32 Å². The molecule has 4 heteroatoms. The van der Waals surface area contributed by atoms with E-state index in [0.717, 1.165) is 24.9 Å². The van der Waals surface area contributed by atoms with E-state index < -0.39 is 9.84 Å². The summed E-state index contributed by atoms with van der Waals surface area (Å²) in [6, 6.07) is 7.81. The highest BCUT2D eigenvalue weighted by molar-refractivity contribution is 7.91. The van der Waals surface area contributed by atoms with Crippen molar-refractivity contribution >= 4 is 9.84 Å². The van der Waals surface area contributed by atoms with E-state index in [4.69, 9.17) is 0 Å². The van der Waals surface area contributed by atoms with Crippen molar-refractivity contribution in [1.82, 2.24) is 5.32 Å². The van der Waals surface area contributed by atoms with Gasteiger partial charge in [0.05, 0.1) is 10.6 Å². The van der Waals surface area contributed by atoms with Crippen LogP contribution in [0.4, 0.5) is 0 Å². The average molecular weight is 267 g/mol. The zero-order valence-corrected chi connectivity index (χ0v) is 11.7. The van der Waals surface area contributed by atoms with Gasteiger partial charge in [-0.15, -0.1) is 0 Å². The van der Waals surface area contributed by atoms with Gasteiger partial charge in [-0.1, -0.05) is 17.7 Å². The minimum Gasteiger partial charge on any atom is -0.314 e. The topological polar surface area (TPSA) is 46.2 Å². The number of hydrogen-bond donors (Lipinski definition) is 1. The molecule has 0 radical (unpaired) electrons. The van der Waals surface area contributed by atoms with Crippen LogP contribution in [0.3, 0.4) is 0 Å². The first-order valence-electron chi connectivity index (χ1n) is 6.61. The minimum absolute atomic E-state index is 0.252. The molecule has 1 aromatic carbocycles. The fraction of sp³-hybridized carbons (Fsp3) is 0.571. The van der Waals surface area contributed by atoms with Gasteiger partial charge in [0, 0.05) is 6.04 Å². The van der Waals surface area contributed by atoms with Crippen molar-refractivity contribution in [3.05, 3.63) is 29.8 Å². The monoisotopic (exact) mass is 267 g/mol. The molecule has 1 aromatic rings. The lowest BCUT2D eigenvalue weighted by atomic mass is 10.2.